The fraction of sp³-hybridized carbons (Fsp3) is 0. The SMILES string of the molecule is c1ccc(-c2cccc3c2oc2c(-c4cccc(-c5cccc(-c6cccc(-c7cccc(-c8cccc(-c9ccc%10c%11ccccc%11c%11ccccc%11c%10c9)c8)c7)c6)c5)c4)cccc23)cc1. The van der Waals surface area contributed by atoms with Crippen molar-refractivity contribution < 1.29 is 4.42 Å². The lowest BCUT2D eigenvalue weighted by Gasteiger charge is -2.13. The summed E-state index contributed by atoms with van der Waals surface area (Å²) in [5.74, 6) is 0. The topological polar surface area (TPSA) is 13.1 Å². The van der Waals surface area contributed by atoms with E-state index in [1.807, 2.05) is 0 Å². The maximum Gasteiger partial charge on any atom is 0.143 e. The largest absolute Gasteiger partial charge is 0.455 e. The van der Waals surface area contributed by atoms with Crippen molar-refractivity contribution in [1.29, 1.82) is 0 Å². The van der Waals surface area contributed by atoms with E-state index >= 15 is 0 Å². The predicted octanol–water partition coefficient (Wildman–Crippen LogP) is 18.7. The molecule has 13 aromatic rings. The molecular weight excluding hydrogens is 809 g/mol. The summed E-state index contributed by atoms with van der Waals surface area (Å²) in [7, 11) is 0. The molecule has 0 saturated heterocycles. The highest BCUT2D eigenvalue weighted by molar-refractivity contribution is 6.25. The summed E-state index contributed by atoms with van der Waals surface area (Å²) in [6.45, 7) is 0. The summed E-state index contributed by atoms with van der Waals surface area (Å²) in [5, 5.41) is 10.0. The van der Waals surface area contributed by atoms with E-state index in [1.54, 1.807) is 0 Å². The number of hydrogen-bond acceptors (Lipinski definition) is 1. The highest BCUT2D eigenvalue weighted by Crippen LogP contribution is 2.42. The third kappa shape index (κ3) is 6.80. The van der Waals surface area contributed by atoms with Gasteiger partial charge in [0.05, 0.1) is 0 Å². The van der Waals surface area contributed by atoms with Crippen LogP contribution in [0.3, 0.4) is 0 Å². The van der Waals surface area contributed by atoms with Crippen molar-refractivity contribution in [1.82, 2.24) is 0 Å². The highest BCUT2D eigenvalue weighted by Gasteiger charge is 2.17. The van der Waals surface area contributed by atoms with Gasteiger partial charge in [0, 0.05) is 21.9 Å². The number of furan rings is 1. The minimum atomic E-state index is 0.910. The van der Waals surface area contributed by atoms with E-state index < -0.39 is 0 Å². The Morgan fingerprint density at radius 2 is 0.448 bits per heavy atom. The molecule has 0 aliphatic rings. The van der Waals surface area contributed by atoms with Crippen molar-refractivity contribution in [2.24, 2.45) is 0 Å². The summed E-state index contributed by atoms with van der Waals surface area (Å²) in [6, 6.07) is 92.5. The molecule has 0 bridgehead atoms. The number of rotatable bonds is 7. The van der Waals surface area contributed by atoms with Gasteiger partial charge < -0.3 is 4.42 Å². The molecule has 1 aromatic heterocycles. The van der Waals surface area contributed by atoms with Crippen LogP contribution in [0.1, 0.15) is 0 Å². The smallest absolute Gasteiger partial charge is 0.143 e. The van der Waals surface area contributed by atoms with E-state index in [0.717, 1.165) is 49.8 Å². The van der Waals surface area contributed by atoms with E-state index in [9.17, 15) is 0 Å². The van der Waals surface area contributed by atoms with Gasteiger partial charge >= 0.3 is 0 Å². The van der Waals surface area contributed by atoms with E-state index in [1.165, 1.54) is 82.4 Å². The van der Waals surface area contributed by atoms with Crippen LogP contribution in [0, 0.1) is 0 Å². The highest BCUT2D eigenvalue weighted by atomic mass is 16.3. The first-order valence-corrected chi connectivity index (χ1v) is 23.1. The Kier molecular flexibility index (Phi) is 9.25. The van der Waals surface area contributed by atoms with Crippen molar-refractivity contribution in [2.75, 3.05) is 0 Å². The molecule has 13 rings (SSSR count). The van der Waals surface area contributed by atoms with Crippen LogP contribution in [-0.2, 0) is 0 Å². The third-order valence-corrected chi connectivity index (χ3v) is 13.6. The van der Waals surface area contributed by atoms with Crippen LogP contribution in [0.5, 0.6) is 0 Å². The van der Waals surface area contributed by atoms with Gasteiger partial charge in [-0.25, -0.2) is 0 Å². The second-order valence-electron chi connectivity index (χ2n) is 17.6. The molecule has 0 spiro atoms. The first kappa shape index (κ1) is 38.7. The first-order chi connectivity index (χ1) is 33.2. The molecule has 0 aliphatic heterocycles. The van der Waals surface area contributed by atoms with Gasteiger partial charge in [0.1, 0.15) is 11.2 Å². The molecule has 12 aromatic carbocycles. The molecule has 1 heterocycles. The van der Waals surface area contributed by atoms with Crippen LogP contribution in [0.4, 0.5) is 0 Å². The van der Waals surface area contributed by atoms with Gasteiger partial charge in [0.2, 0.25) is 0 Å². The van der Waals surface area contributed by atoms with Crippen LogP contribution in [0.2, 0.25) is 0 Å². The van der Waals surface area contributed by atoms with Gasteiger partial charge in [-0.2, -0.15) is 0 Å². The fourth-order valence-electron chi connectivity index (χ4n) is 10.4. The summed E-state index contributed by atoms with van der Waals surface area (Å²) in [4.78, 5) is 0. The number of fused-ring (bicyclic) bond motifs is 9. The van der Waals surface area contributed by atoms with Crippen LogP contribution in [0.25, 0.3) is 132 Å². The summed E-state index contributed by atoms with van der Waals surface area (Å²) in [5.41, 5.74) is 18.2. The molecule has 0 saturated carbocycles. The first-order valence-electron chi connectivity index (χ1n) is 23.1. The van der Waals surface area contributed by atoms with Crippen molar-refractivity contribution in [3.63, 3.8) is 0 Å². The minimum Gasteiger partial charge on any atom is -0.455 e. The van der Waals surface area contributed by atoms with E-state index in [4.69, 9.17) is 4.42 Å². The molecule has 0 aliphatic carbocycles. The maximum absolute atomic E-state index is 6.79. The lowest BCUT2D eigenvalue weighted by atomic mass is 9.91. The van der Waals surface area contributed by atoms with Gasteiger partial charge in [-0.05, 0) is 135 Å². The van der Waals surface area contributed by atoms with Crippen LogP contribution < -0.4 is 0 Å². The molecule has 1 nitrogen and oxygen atoms in total. The zero-order valence-electron chi connectivity index (χ0n) is 36.7. The molecule has 312 valence electrons. The quantitative estimate of drug-likeness (QED) is 0.146. The second-order valence-corrected chi connectivity index (χ2v) is 17.6. The van der Waals surface area contributed by atoms with E-state index in [-0.39, 0.29) is 0 Å². The van der Waals surface area contributed by atoms with Crippen molar-refractivity contribution in [3.05, 3.63) is 255 Å². The minimum absolute atomic E-state index is 0.910. The molecule has 67 heavy (non-hydrogen) atoms. The Bertz CT molecular complexity index is 4000. The standard InChI is InChI=1S/C66H42O/c1-2-15-43(16-3-1)55-31-13-33-62-63-34-14-32-56(66(63)67-65(55)62)54-26-12-25-52(41-54)50-23-10-21-48(39-50)46-19-8-17-44(37-46)45-18-9-20-47(38-45)49-22-11-24-51(40-49)53-35-36-61-59-29-5-4-27-57(59)58-28-6-7-30-60(58)64(61)42-53/h1-42H. The zero-order valence-corrected chi connectivity index (χ0v) is 36.7. The molecule has 0 radical (unpaired) electrons. The van der Waals surface area contributed by atoms with E-state index in [2.05, 4.69) is 255 Å². The summed E-state index contributed by atoms with van der Waals surface area (Å²) < 4.78 is 6.79. The van der Waals surface area contributed by atoms with Gasteiger partial charge in [0.25, 0.3) is 0 Å². The third-order valence-electron chi connectivity index (χ3n) is 13.6. The molecule has 1 heteroatoms. The van der Waals surface area contributed by atoms with Crippen molar-refractivity contribution >= 4 is 54.3 Å². The molecule has 0 atom stereocenters. The van der Waals surface area contributed by atoms with Crippen molar-refractivity contribution in [3.8, 4) is 77.9 Å². The average molecular weight is 851 g/mol. The molecule has 0 N–H and O–H groups in total. The normalized spacial score (nSPS) is 11.6. The number of para-hydroxylation sites is 2. The van der Waals surface area contributed by atoms with Crippen LogP contribution >= 0.6 is 0 Å². The summed E-state index contributed by atoms with van der Waals surface area (Å²) >= 11 is 0. The zero-order chi connectivity index (χ0) is 44.3. The number of benzene rings is 12. The molecule has 0 unspecified atom stereocenters. The Hall–Kier alpha value is -8.78. The number of hydrogen-bond donors (Lipinski definition) is 0. The lowest BCUT2D eigenvalue weighted by Crippen LogP contribution is -1.87. The molecular formula is C66H42O. The second kappa shape index (κ2) is 16.0. The maximum atomic E-state index is 6.79. The molecule has 0 amide bonds. The van der Waals surface area contributed by atoms with Gasteiger partial charge in [-0.15, -0.1) is 0 Å². The van der Waals surface area contributed by atoms with Gasteiger partial charge in [0.15, 0.2) is 0 Å². The van der Waals surface area contributed by atoms with Crippen LogP contribution in [-0.4, -0.2) is 0 Å². The van der Waals surface area contributed by atoms with Gasteiger partial charge in [-0.1, -0.05) is 218 Å². The average Bonchev–Trinajstić information content (AvgIpc) is 3.81. The Morgan fingerprint density at radius 3 is 0.881 bits per heavy atom. The van der Waals surface area contributed by atoms with Gasteiger partial charge in [-0.3, -0.25) is 0 Å². The lowest BCUT2D eigenvalue weighted by molar-refractivity contribution is 0.671. The Labute approximate surface area is 389 Å². The summed E-state index contributed by atoms with van der Waals surface area (Å²) in [6.07, 6.45) is 0. The monoisotopic (exact) mass is 850 g/mol. The Balaban J connectivity index is 0.806. The fourth-order valence-corrected chi connectivity index (χ4v) is 10.4. The van der Waals surface area contributed by atoms with Crippen molar-refractivity contribution in [2.45, 2.75) is 0 Å². The van der Waals surface area contributed by atoms with E-state index in [0.29, 0.717) is 0 Å². The Morgan fingerprint density at radius 1 is 0.164 bits per heavy atom. The molecule has 0 fully saturated rings. The predicted molar refractivity (Wildman–Crippen MR) is 284 cm³/mol. The van der Waals surface area contributed by atoms with Crippen LogP contribution in [0.15, 0.2) is 259 Å².